The van der Waals surface area contributed by atoms with Crippen molar-refractivity contribution in [3.05, 3.63) is 111 Å². The molecule has 2 fully saturated rings. The maximum absolute atomic E-state index is 15.2. The average Bonchev–Trinajstić information content (AvgIpc) is 3.88. The molecule has 3 nitrogen and oxygen atoms in total. The van der Waals surface area contributed by atoms with E-state index in [2.05, 4.69) is 0 Å². The molecule has 0 amide bonds. The van der Waals surface area contributed by atoms with Crippen LogP contribution in [0.1, 0.15) is 114 Å². The molecule has 9 heteroatoms. The normalized spacial score (nSPS) is 23.0. The largest absolute Gasteiger partial charge is 0.459 e. The fraction of sp³-hybridized carbons (Fsp3) is 0.417. The first-order chi connectivity index (χ1) is 21.7. The zero-order valence-corrected chi connectivity index (χ0v) is 24.9. The van der Waals surface area contributed by atoms with Crippen LogP contribution in [0.15, 0.2) is 42.5 Å². The van der Waals surface area contributed by atoms with E-state index < -0.39 is 64.6 Å². The maximum Gasteiger partial charge on any atom is 0.341 e. The van der Waals surface area contributed by atoms with Gasteiger partial charge in [-0.1, -0.05) is 49.8 Å². The quantitative estimate of drug-likeness (QED) is 0.142. The predicted octanol–water partition coefficient (Wildman–Crippen LogP) is 9.78. The molecule has 2 unspecified atom stereocenters. The summed E-state index contributed by atoms with van der Waals surface area (Å²) in [4.78, 5) is 12.8. The molecule has 1 aliphatic heterocycles. The number of aryl methyl sites for hydroxylation is 1. The van der Waals surface area contributed by atoms with Crippen molar-refractivity contribution >= 4 is 11.5 Å². The molecule has 3 aliphatic rings. The van der Waals surface area contributed by atoms with Gasteiger partial charge < -0.3 is 9.47 Å². The topological polar surface area (TPSA) is 38.8 Å². The molecule has 1 saturated carbocycles. The zero-order chi connectivity index (χ0) is 31.8. The molecule has 0 aromatic heterocycles. The number of rotatable bonds is 8. The number of hydrogen-bond donors (Lipinski definition) is 0. The summed E-state index contributed by atoms with van der Waals surface area (Å²) in [6, 6.07) is 8.88. The Hall–Kier alpha value is -3.59. The molecule has 238 valence electrons. The molecular formula is C36H34F6O3. The molecule has 3 aromatic carbocycles. The van der Waals surface area contributed by atoms with Crippen LogP contribution in [0.3, 0.4) is 0 Å². The average molecular weight is 629 g/mol. The summed E-state index contributed by atoms with van der Waals surface area (Å²) in [5.74, 6) is -7.55. The van der Waals surface area contributed by atoms with Crippen molar-refractivity contribution in [2.45, 2.75) is 88.8 Å². The Kier molecular flexibility index (Phi) is 9.09. The number of epoxide rings is 1. The third-order valence-electron chi connectivity index (χ3n) is 9.42. The summed E-state index contributed by atoms with van der Waals surface area (Å²) >= 11 is 0. The second-order valence-corrected chi connectivity index (χ2v) is 12.3. The summed E-state index contributed by atoms with van der Waals surface area (Å²) < 4.78 is 99.4. The lowest BCUT2D eigenvalue weighted by molar-refractivity contribution is 0.0188. The lowest BCUT2D eigenvalue weighted by atomic mass is 9.81. The molecule has 0 spiro atoms. The number of carbonyl (C=O) groups is 1. The summed E-state index contributed by atoms with van der Waals surface area (Å²) in [6.45, 7) is 2.26. The predicted molar refractivity (Wildman–Crippen MR) is 157 cm³/mol. The molecule has 0 bridgehead atoms. The number of esters is 1. The fourth-order valence-corrected chi connectivity index (χ4v) is 6.78. The maximum atomic E-state index is 15.2. The molecular weight excluding hydrogens is 594 g/mol. The van der Waals surface area contributed by atoms with Gasteiger partial charge in [0.2, 0.25) is 0 Å². The highest BCUT2D eigenvalue weighted by Gasteiger charge is 2.33. The van der Waals surface area contributed by atoms with Gasteiger partial charge in [0, 0.05) is 11.1 Å². The van der Waals surface area contributed by atoms with Crippen LogP contribution in [0.4, 0.5) is 26.3 Å². The van der Waals surface area contributed by atoms with Crippen LogP contribution in [-0.4, -0.2) is 18.7 Å². The minimum absolute atomic E-state index is 0.104. The van der Waals surface area contributed by atoms with Gasteiger partial charge in [-0.3, -0.25) is 0 Å². The number of benzene rings is 3. The second kappa shape index (κ2) is 13.0. The van der Waals surface area contributed by atoms with Gasteiger partial charge in [-0.2, -0.15) is 0 Å². The third-order valence-corrected chi connectivity index (χ3v) is 9.42. The van der Waals surface area contributed by atoms with Crippen LogP contribution in [0.5, 0.6) is 0 Å². The molecule has 1 saturated heterocycles. The third kappa shape index (κ3) is 6.28. The second-order valence-electron chi connectivity index (χ2n) is 12.3. The van der Waals surface area contributed by atoms with Gasteiger partial charge in [-0.15, -0.1) is 0 Å². The number of ether oxygens (including phenoxy) is 2. The summed E-state index contributed by atoms with van der Waals surface area (Å²) in [5, 5.41) is 0. The van der Waals surface area contributed by atoms with E-state index in [1.54, 1.807) is 18.2 Å². The van der Waals surface area contributed by atoms with Gasteiger partial charge in [0.05, 0.1) is 12.2 Å². The van der Waals surface area contributed by atoms with Crippen molar-refractivity contribution in [2.24, 2.45) is 0 Å². The smallest absolute Gasteiger partial charge is 0.341 e. The summed E-state index contributed by atoms with van der Waals surface area (Å²) in [5.41, 5.74) is 1.19. The van der Waals surface area contributed by atoms with Gasteiger partial charge in [0.25, 0.3) is 0 Å². The van der Waals surface area contributed by atoms with E-state index >= 15 is 8.78 Å². The van der Waals surface area contributed by atoms with Crippen molar-refractivity contribution in [3.63, 3.8) is 0 Å². The first-order valence-electron chi connectivity index (χ1n) is 15.6. The van der Waals surface area contributed by atoms with Gasteiger partial charge in [0.15, 0.2) is 34.9 Å². The van der Waals surface area contributed by atoms with E-state index in [-0.39, 0.29) is 22.6 Å². The van der Waals surface area contributed by atoms with Crippen molar-refractivity contribution in [3.8, 4) is 0 Å². The van der Waals surface area contributed by atoms with Crippen molar-refractivity contribution in [1.29, 1.82) is 0 Å². The molecule has 0 radical (unpaired) electrons. The summed E-state index contributed by atoms with van der Waals surface area (Å²) in [6.07, 6.45) is 4.62. The van der Waals surface area contributed by atoms with Gasteiger partial charge in [-0.05, 0) is 91.5 Å². The minimum atomic E-state index is -1.29. The Morgan fingerprint density at radius 2 is 1.40 bits per heavy atom. The van der Waals surface area contributed by atoms with E-state index in [4.69, 9.17) is 9.47 Å². The molecule has 6 rings (SSSR count). The van der Waals surface area contributed by atoms with Gasteiger partial charge in [0.1, 0.15) is 12.2 Å². The van der Waals surface area contributed by atoms with Crippen LogP contribution in [-0.2, 0) is 15.9 Å². The van der Waals surface area contributed by atoms with Gasteiger partial charge in [-0.25, -0.2) is 31.1 Å². The fourth-order valence-electron chi connectivity index (χ4n) is 6.78. The van der Waals surface area contributed by atoms with Crippen LogP contribution < -0.4 is 0 Å². The Bertz CT molecular complexity index is 1640. The Morgan fingerprint density at radius 1 is 0.756 bits per heavy atom. The number of halogens is 6. The number of hydrogen-bond acceptors (Lipinski definition) is 3. The Morgan fingerprint density at radius 3 is 2.07 bits per heavy atom. The van der Waals surface area contributed by atoms with Crippen molar-refractivity contribution in [1.82, 2.24) is 0 Å². The monoisotopic (exact) mass is 628 g/mol. The molecule has 3 aromatic rings. The molecule has 1 heterocycles. The minimum Gasteiger partial charge on any atom is -0.459 e. The van der Waals surface area contributed by atoms with Crippen molar-refractivity contribution in [2.75, 3.05) is 6.61 Å². The van der Waals surface area contributed by atoms with E-state index in [0.717, 1.165) is 0 Å². The highest BCUT2D eigenvalue weighted by Crippen LogP contribution is 2.41. The standard InChI is InChI=1S/C36H34F6O3/c1-2-3-22-10-13-24(31(38)30(22)37)21-8-11-23(12-9-21)45-36(43)28-17-15-26(33(40)35(28)42)20-6-4-19(5-7-20)25-14-16-27(29-18-44-29)34(41)32(25)39/h4,10,13-17,20-21,23,29H,2-3,5-9,11-12,18H2,1H3. The van der Waals surface area contributed by atoms with Crippen LogP contribution in [0, 0.1) is 34.9 Å². The number of carbonyl (C=O) groups excluding carboxylic acids is 1. The van der Waals surface area contributed by atoms with E-state index in [1.807, 2.05) is 6.92 Å². The van der Waals surface area contributed by atoms with Crippen LogP contribution in [0.25, 0.3) is 5.57 Å². The highest BCUT2D eigenvalue weighted by atomic mass is 19.2. The van der Waals surface area contributed by atoms with Crippen LogP contribution in [0.2, 0.25) is 0 Å². The SMILES string of the molecule is CCCc1ccc(C2CCC(OC(=O)c3ccc(C4CC=C(c5ccc(C6CO6)c(F)c5F)CC4)c(F)c3F)CC2)c(F)c1F. The van der Waals surface area contributed by atoms with E-state index in [0.29, 0.717) is 81.1 Å². The highest BCUT2D eigenvalue weighted by molar-refractivity contribution is 5.90. The van der Waals surface area contributed by atoms with E-state index in [1.165, 1.54) is 24.3 Å². The molecule has 45 heavy (non-hydrogen) atoms. The van der Waals surface area contributed by atoms with Crippen LogP contribution >= 0.6 is 0 Å². The molecule has 2 aliphatic carbocycles. The van der Waals surface area contributed by atoms with E-state index in [9.17, 15) is 22.4 Å². The molecule has 0 N–H and O–H groups in total. The first-order valence-corrected chi connectivity index (χ1v) is 15.6. The first kappa shape index (κ1) is 31.4. The lowest BCUT2D eigenvalue weighted by Crippen LogP contribution is -2.25. The Balaban J connectivity index is 1.07. The lowest BCUT2D eigenvalue weighted by Gasteiger charge is -2.29. The zero-order valence-electron chi connectivity index (χ0n) is 24.9. The van der Waals surface area contributed by atoms with Crippen molar-refractivity contribution < 1.29 is 40.6 Å². The number of allylic oxidation sites excluding steroid dienone is 2. The molecule has 2 atom stereocenters. The summed E-state index contributed by atoms with van der Waals surface area (Å²) in [7, 11) is 0. The van der Waals surface area contributed by atoms with Gasteiger partial charge >= 0.3 is 5.97 Å². The Labute approximate surface area is 258 Å².